The molecule has 2 rings (SSSR count). The Morgan fingerprint density at radius 2 is 2.21 bits per heavy atom. The first-order chi connectivity index (χ1) is 9.24. The van der Waals surface area contributed by atoms with Crippen molar-refractivity contribution in [3.8, 4) is 11.5 Å². The summed E-state index contributed by atoms with van der Waals surface area (Å²) in [5.41, 5.74) is 6.39. The Bertz CT molecular complexity index is 450. The Kier molecular flexibility index (Phi) is 4.59. The third kappa shape index (κ3) is 3.36. The Morgan fingerprint density at radius 3 is 2.95 bits per heavy atom. The number of hydrogen-bond acceptors (Lipinski definition) is 5. The third-order valence-electron chi connectivity index (χ3n) is 2.90. The lowest BCUT2D eigenvalue weighted by Crippen LogP contribution is -2.37. The van der Waals surface area contributed by atoms with E-state index in [9.17, 15) is 4.79 Å². The Morgan fingerprint density at radius 1 is 1.42 bits per heavy atom. The average Bonchev–Trinajstić information content (AvgIpc) is 2.90. The van der Waals surface area contributed by atoms with Crippen molar-refractivity contribution in [3.05, 3.63) is 23.8 Å². The van der Waals surface area contributed by atoms with E-state index in [-0.39, 0.29) is 19.2 Å². The normalized spacial score (nSPS) is 12.5. The van der Waals surface area contributed by atoms with E-state index in [0.29, 0.717) is 25.4 Å². The van der Waals surface area contributed by atoms with Gasteiger partial charge in [0.15, 0.2) is 11.5 Å². The fraction of sp³-hybridized carbons (Fsp3) is 0.462. The summed E-state index contributed by atoms with van der Waals surface area (Å²) in [6, 6.07) is 5.64. The first-order valence-electron chi connectivity index (χ1n) is 6.10. The zero-order valence-corrected chi connectivity index (χ0v) is 10.9. The molecule has 1 aromatic rings. The molecule has 1 aromatic carbocycles. The predicted molar refractivity (Wildman–Crippen MR) is 68.9 cm³/mol. The van der Waals surface area contributed by atoms with E-state index in [0.717, 1.165) is 11.3 Å². The first-order valence-corrected chi connectivity index (χ1v) is 6.10. The molecule has 0 atom stereocenters. The molecule has 1 amide bonds. The second-order valence-electron chi connectivity index (χ2n) is 4.20. The van der Waals surface area contributed by atoms with Crippen LogP contribution in [0.2, 0.25) is 0 Å². The monoisotopic (exact) mass is 266 g/mol. The minimum atomic E-state index is -0.102. The maximum absolute atomic E-state index is 11.7. The summed E-state index contributed by atoms with van der Waals surface area (Å²) in [5, 5.41) is 0. The topological polar surface area (TPSA) is 74.0 Å². The van der Waals surface area contributed by atoms with Crippen molar-refractivity contribution in [2.24, 2.45) is 5.73 Å². The lowest BCUT2D eigenvalue weighted by Gasteiger charge is -2.22. The van der Waals surface area contributed by atoms with Crippen LogP contribution in [-0.2, 0) is 16.1 Å². The summed E-state index contributed by atoms with van der Waals surface area (Å²) < 4.78 is 15.6. The molecule has 0 aromatic heterocycles. The molecule has 6 nitrogen and oxygen atoms in total. The van der Waals surface area contributed by atoms with Crippen LogP contribution in [-0.4, -0.2) is 44.4 Å². The van der Waals surface area contributed by atoms with Gasteiger partial charge in [-0.25, -0.2) is 0 Å². The molecule has 0 aliphatic carbocycles. The number of hydrogen-bond donors (Lipinski definition) is 1. The highest BCUT2D eigenvalue weighted by molar-refractivity contribution is 5.78. The number of amides is 1. The fourth-order valence-corrected chi connectivity index (χ4v) is 1.88. The van der Waals surface area contributed by atoms with Crippen molar-refractivity contribution in [1.29, 1.82) is 0 Å². The van der Waals surface area contributed by atoms with Crippen molar-refractivity contribution < 1.29 is 19.0 Å². The highest BCUT2D eigenvalue weighted by atomic mass is 16.7. The number of nitrogens with two attached hydrogens (primary N) is 1. The molecular weight excluding hydrogens is 248 g/mol. The van der Waals surface area contributed by atoms with Gasteiger partial charge in [0, 0.05) is 20.2 Å². The molecule has 0 bridgehead atoms. The highest BCUT2D eigenvalue weighted by Gasteiger charge is 2.16. The third-order valence-corrected chi connectivity index (χ3v) is 2.90. The Hall–Kier alpha value is -1.79. The number of ether oxygens (including phenoxy) is 3. The van der Waals surface area contributed by atoms with E-state index in [1.165, 1.54) is 0 Å². The lowest BCUT2D eigenvalue weighted by atomic mass is 10.2. The average molecular weight is 266 g/mol. The summed E-state index contributed by atoms with van der Waals surface area (Å²) in [4.78, 5) is 13.4. The quantitative estimate of drug-likeness (QED) is 0.804. The van der Waals surface area contributed by atoms with E-state index in [1.807, 2.05) is 18.2 Å². The fourth-order valence-electron chi connectivity index (χ4n) is 1.88. The summed E-state index contributed by atoms with van der Waals surface area (Å²) in [6.07, 6.45) is 0. The maximum atomic E-state index is 11.7. The van der Waals surface area contributed by atoms with E-state index < -0.39 is 0 Å². The summed E-state index contributed by atoms with van der Waals surface area (Å²) in [6.45, 7) is 1.72. The van der Waals surface area contributed by atoms with Crippen LogP contribution in [0.5, 0.6) is 11.5 Å². The lowest BCUT2D eigenvalue weighted by molar-refractivity contribution is -0.130. The van der Waals surface area contributed by atoms with Gasteiger partial charge in [0.25, 0.3) is 0 Å². The molecular formula is C13H18N2O4. The summed E-state index contributed by atoms with van der Waals surface area (Å²) >= 11 is 0. The molecule has 0 saturated carbocycles. The second-order valence-corrected chi connectivity index (χ2v) is 4.20. The highest BCUT2D eigenvalue weighted by Crippen LogP contribution is 2.32. The predicted octanol–water partition coefficient (Wildman–Crippen LogP) is 0.349. The number of nitrogens with zero attached hydrogens (tertiary/aromatic N) is 1. The summed E-state index contributed by atoms with van der Waals surface area (Å²) in [5.74, 6) is 1.34. The van der Waals surface area contributed by atoms with E-state index in [1.54, 1.807) is 12.0 Å². The molecule has 0 saturated heterocycles. The van der Waals surface area contributed by atoms with Crippen LogP contribution in [0.15, 0.2) is 18.2 Å². The largest absolute Gasteiger partial charge is 0.454 e. The van der Waals surface area contributed by atoms with Crippen molar-refractivity contribution in [2.45, 2.75) is 6.54 Å². The molecule has 2 N–H and O–H groups in total. The van der Waals surface area contributed by atoms with Crippen LogP contribution >= 0.6 is 0 Å². The van der Waals surface area contributed by atoms with Crippen LogP contribution in [0.3, 0.4) is 0 Å². The number of carbonyl (C=O) groups excluding carboxylic acids is 1. The van der Waals surface area contributed by atoms with Gasteiger partial charge in [-0.2, -0.15) is 0 Å². The van der Waals surface area contributed by atoms with Gasteiger partial charge < -0.3 is 24.8 Å². The molecule has 19 heavy (non-hydrogen) atoms. The number of carbonyl (C=O) groups is 1. The first kappa shape index (κ1) is 13.6. The van der Waals surface area contributed by atoms with Crippen molar-refractivity contribution in [2.75, 3.05) is 33.6 Å². The second kappa shape index (κ2) is 6.40. The Balaban J connectivity index is 2.05. The minimum absolute atomic E-state index is 0.00569. The zero-order valence-electron chi connectivity index (χ0n) is 10.9. The van der Waals surface area contributed by atoms with Crippen molar-refractivity contribution >= 4 is 5.91 Å². The van der Waals surface area contributed by atoms with Gasteiger partial charge in [-0.05, 0) is 17.7 Å². The van der Waals surface area contributed by atoms with Gasteiger partial charge in [0.1, 0.15) is 0 Å². The Labute approximate surface area is 112 Å². The van der Waals surface area contributed by atoms with Crippen LogP contribution in [0.1, 0.15) is 5.56 Å². The van der Waals surface area contributed by atoms with Crippen molar-refractivity contribution in [1.82, 2.24) is 4.90 Å². The van der Waals surface area contributed by atoms with Crippen LogP contribution in [0.25, 0.3) is 0 Å². The number of rotatable bonds is 6. The molecule has 104 valence electrons. The van der Waals surface area contributed by atoms with E-state index >= 15 is 0 Å². The molecule has 1 aliphatic rings. The smallest absolute Gasteiger partial charge is 0.236 e. The SMILES string of the molecule is COCCN(Cc1ccc2c(c1)OCO2)C(=O)CN. The van der Waals surface area contributed by atoms with Crippen LogP contribution in [0.4, 0.5) is 0 Å². The van der Waals surface area contributed by atoms with Gasteiger partial charge in [-0.15, -0.1) is 0 Å². The number of fused-ring (bicyclic) bond motifs is 1. The molecule has 0 fully saturated rings. The van der Waals surface area contributed by atoms with E-state index in [2.05, 4.69) is 0 Å². The van der Waals surface area contributed by atoms with Crippen LogP contribution < -0.4 is 15.2 Å². The molecule has 0 spiro atoms. The zero-order chi connectivity index (χ0) is 13.7. The number of methoxy groups -OCH3 is 1. The summed E-state index contributed by atoms with van der Waals surface area (Å²) in [7, 11) is 1.60. The maximum Gasteiger partial charge on any atom is 0.236 e. The van der Waals surface area contributed by atoms with Crippen molar-refractivity contribution in [3.63, 3.8) is 0 Å². The molecule has 1 aliphatic heterocycles. The minimum Gasteiger partial charge on any atom is -0.454 e. The molecule has 1 heterocycles. The van der Waals surface area contributed by atoms with Gasteiger partial charge in [-0.1, -0.05) is 6.07 Å². The van der Waals surface area contributed by atoms with Gasteiger partial charge in [0.05, 0.1) is 13.2 Å². The number of benzene rings is 1. The van der Waals surface area contributed by atoms with Crippen LogP contribution in [0, 0.1) is 0 Å². The molecule has 0 unspecified atom stereocenters. The molecule has 0 radical (unpaired) electrons. The standard InChI is InChI=1S/C13H18N2O4/c1-17-5-4-15(13(16)7-14)8-10-2-3-11-12(6-10)19-9-18-11/h2-3,6H,4-5,7-9,14H2,1H3. The van der Waals surface area contributed by atoms with E-state index in [4.69, 9.17) is 19.9 Å². The molecule has 6 heteroatoms. The van der Waals surface area contributed by atoms with Gasteiger partial charge in [-0.3, -0.25) is 4.79 Å². The van der Waals surface area contributed by atoms with Gasteiger partial charge in [0.2, 0.25) is 12.7 Å². The van der Waals surface area contributed by atoms with Gasteiger partial charge >= 0.3 is 0 Å².